The Morgan fingerprint density at radius 2 is 0.930 bits per heavy atom. The molecule has 0 amide bonds. The molecule has 0 aliphatic heterocycles. The van der Waals surface area contributed by atoms with Crippen molar-refractivity contribution in [2.75, 3.05) is 0 Å². The van der Waals surface area contributed by atoms with Crippen molar-refractivity contribution >= 4 is 54.3 Å². The highest BCUT2D eigenvalue weighted by atomic mass is 16.3. The zero-order valence-corrected chi connectivity index (χ0v) is 22.8. The zero-order valence-electron chi connectivity index (χ0n) is 30.8. The molecule has 200 valence electrons. The van der Waals surface area contributed by atoms with Gasteiger partial charge in [-0.15, -0.1) is 0 Å². The molecule has 43 heavy (non-hydrogen) atoms. The third-order valence-corrected chi connectivity index (χ3v) is 8.30. The second-order valence-electron chi connectivity index (χ2n) is 10.7. The van der Waals surface area contributed by atoms with E-state index in [9.17, 15) is 5.48 Å². The lowest BCUT2D eigenvalue weighted by Gasteiger charge is -2.18. The fourth-order valence-corrected chi connectivity index (χ4v) is 6.37. The van der Waals surface area contributed by atoms with Crippen LogP contribution in [0.5, 0.6) is 0 Å². The molecular weight excluding hydrogens is 520 g/mol. The van der Waals surface area contributed by atoms with Crippen molar-refractivity contribution in [3.8, 4) is 33.4 Å². The van der Waals surface area contributed by atoms with Gasteiger partial charge in [0.25, 0.3) is 0 Å². The van der Waals surface area contributed by atoms with E-state index >= 15 is 0 Å². The van der Waals surface area contributed by atoms with Crippen LogP contribution in [-0.2, 0) is 0 Å². The maximum atomic E-state index is 9.29. The first-order chi connectivity index (χ1) is 24.7. The molecule has 9 aromatic rings. The Bertz CT molecular complexity index is 2850. The number of rotatable bonds is 3. The Hall–Kier alpha value is -5.66. The SMILES string of the molecule is [2H]c1c([2H])c([2H])c2c(-c3ccc4oc5ccc6ccccc6c5c4c3)c3c([2H])c([2H])c([2H])c([2H])c3c(-c3ccc(-c4ccccc4)cc3)c2c1[2H]. The van der Waals surface area contributed by atoms with Crippen LogP contribution in [0.25, 0.3) is 87.6 Å². The molecule has 0 fully saturated rings. The predicted octanol–water partition coefficient (Wildman–Crippen LogP) is 12.0. The van der Waals surface area contributed by atoms with Crippen molar-refractivity contribution in [3.63, 3.8) is 0 Å². The van der Waals surface area contributed by atoms with E-state index in [0.29, 0.717) is 33.4 Å². The van der Waals surface area contributed by atoms with Crippen LogP contribution in [0.3, 0.4) is 0 Å². The Balaban J connectivity index is 1.47. The summed E-state index contributed by atoms with van der Waals surface area (Å²) in [5, 5.41) is 4.40. The molecule has 0 atom stereocenters. The van der Waals surface area contributed by atoms with Crippen molar-refractivity contribution in [3.05, 3.63) is 158 Å². The smallest absolute Gasteiger partial charge is 0.136 e. The van der Waals surface area contributed by atoms with E-state index in [4.69, 9.17) is 9.90 Å². The second kappa shape index (κ2) is 9.44. The molecule has 1 nitrogen and oxygen atoms in total. The summed E-state index contributed by atoms with van der Waals surface area (Å²) in [6.45, 7) is 0. The monoisotopic (exact) mass is 554 g/mol. The fraction of sp³-hybridized carbons (Fsp3) is 0. The lowest BCUT2D eigenvalue weighted by Crippen LogP contribution is -1.91. The van der Waals surface area contributed by atoms with E-state index in [0.717, 1.165) is 32.7 Å². The molecule has 0 aliphatic carbocycles. The molecule has 0 aliphatic rings. The van der Waals surface area contributed by atoms with Gasteiger partial charge in [-0.1, -0.05) is 139 Å². The Morgan fingerprint density at radius 1 is 0.395 bits per heavy atom. The van der Waals surface area contributed by atoms with Gasteiger partial charge in [0.1, 0.15) is 11.2 Å². The quantitative estimate of drug-likeness (QED) is 0.198. The van der Waals surface area contributed by atoms with E-state index in [1.54, 1.807) is 6.07 Å². The number of fused-ring (bicyclic) bond motifs is 7. The van der Waals surface area contributed by atoms with Crippen LogP contribution in [0.1, 0.15) is 11.0 Å². The maximum Gasteiger partial charge on any atom is 0.136 e. The van der Waals surface area contributed by atoms with Crippen molar-refractivity contribution in [2.45, 2.75) is 0 Å². The van der Waals surface area contributed by atoms with Crippen LogP contribution in [0.4, 0.5) is 0 Å². The van der Waals surface area contributed by atoms with Crippen molar-refractivity contribution in [1.82, 2.24) is 0 Å². The minimum absolute atomic E-state index is 0.178. The molecular formula is C42H26O. The van der Waals surface area contributed by atoms with Gasteiger partial charge in [0.15, 0.2) is 0 Å². The maximum absolute atomic E-state index is 9.29. The van der Waals surface area contributed by atoms with Gasteiger partial charge in [0.2, 0.25) is 0 Å². The van der Waals surface area contributed by atoms with Gasteiger partial charge in [0, 0.05) is 10.8 Å². The van der Waals surface area contributed by atoms with Gasteiger partial charge in [-0.3, -0.25) is 0 Å². The molecule has 0 radical (unpaired) electrons. The van der Waals surface area contributed by atoms with Crippen molar-refractivity contribution in [1.29, 1.82) is 0 Å². The first-order valence-electron chi connectivity index (χ1n) is 18.1. The van der Waals surface area contributed by atoms with Gasteiger partial charge < -0.3 is 4.42 Å². The highest BCUT2D eigenvalue weighted by Gasteiger charge is 2.18. The van der Waals surface area contributed by atoms with Gasteiger partial charge in [-0.2, -0.15) is 0 Å². The van der Waals surface area contributed by atoms with E-state index in [1.807, 2.05) is 103 Å². The minimum Gasteiger partial charge on any atom is -0.456 e. The highest BCUT2D eigenvalue weighted by molar-refractivity contribution is 6.23. The van der Waals surface area contributed by atoms with Gasteiger partial charge >= 0.3 is 0 Å². The van der Waals surface area contributed by atoms with E-state index in [2.05, 4.69) is 0 Å². The minimum atomic E-state index is -0.430. The Labute approximate surface area is 260 Å². The van der Waals surface area contributed by atoms with Gasteiger partial charge in [-0.05, 0) is 83.9 Å². The largest absolute Gasteiger partial charge is 0.456 e. The average molecular weight is 555 g/mol. The van der Waals surface area contributed by atoms with Crippen LogP contribution in [0.2, 0.25) is 0 Å². The summed E-state index contributed by atoms with van der Waals surface area (Å²) in [6, 6.07) is 31.8. The van der Waals surface area contributed by atoms with E-state index in [1.165, 1.54) is 0 Å². The third kappa shape index (κ3) is 3.72. The molecule has 9 rings (SSSR count). The fourth-order valence-electron chi connectivity index (χ4n) is 6.37. The Morgan fingerprint density at radius 3 is 1.63 bits per heavy atom. The van der Waals surface area contributed by atoms with Crippen LogP contribution < -0.4 is 0 Å². The summed E-state index contributed by atoms with van der Waals surface area (Å²) >= 11 is 0. The molecule has 1 heterocycles. The molecule has 1 aromatic heterocycles. The molecule has 0 saturated heterocycles. The summed E-state index contributed by atoms with van der Waals surface area (Å²) in [7, 11) is 0. The van der Waals surface area contributed by atoms with Crippen LogP contribution in [0, 0.1) is 0 Å². The van der Waals surface area contributed by atoms with Crippen molar-refractivity contribution in [2.24, 2.45) is 0 Å². The average Bonchev–Trinajstić information content (AvgIpc) is 3.55. The number of hydrogen-bond acceptors (Lipinski definition) is 1. The standard InChI is InChI=1S/C42H26O/c1-2-10-27(11-3-1)28-18-20-30(21-19-28)40-33-14-6-8-16-35(33)41(36-17-9-7-15-34(36)40)31-23-24-38-37(26-31)42-32-13-5-4-12-29(32)22-25-39(42)43-38/h1-26H/i6D,7D,8D,9D,14D,15D,16D,17D. The first kappa shape index (κ1) is 17.3. The van der Waals surface area contributed by atoms with Crippen molar-refractivity contribution < 1.29 is 15.4 Å². The van der Waals surface area contributed by atoms with E-state index in [-0.39, 0.29) is 45.7 Å². The third-order valence-electron chi connectivity index (χ3n) is 8.30. The molecule has 1 heteroatoms. The summed E-state index contributed by atoms with van der Waals surface area (Å²) in [6.07, 6.45) is 0. The van der Waals surface area contributed by atoms with E-state index < -0.39 is 24.2 Å². The number of hydrogen-bond donors (Lipinski definition) is 0. The topological polar surface area (TPSA) is 13.1 Å². The van der Waals surface area contributed by atoms with Gasteiger partial charge in [-0.25, -0.2) is 0 Å². The number of benzene rings is 8. The lowest BCUT2D eigenvalue weighted by atomic mass is 9.85. The molecule has 8 aromatic carbocycles. The summed E-state index contributed by atoms with van der Waals surface area (Å²) < 4.78 is 78.3. The van der Waals surface area contributed by atoms with Crippen LogP contribution in [-0.4, -0.2) is 0 Å². The van der Waals surface area contributed by atoms with Crippen LogP contribution >= 0.6 is 0 Å². The first-order valence-corrected chi connectivity index (χ1v) is 14.1. The van der Waals surface area contributed by atoms with Gasteiger partial charge in [0.05, 0.1) is 11.0 Å². The predicted molar refractivity (Wildman–Crippen MR) is 183 cm³/mol. The normalized spacial score (nSPS) is 14.3. The molecule has 0 unspecified atom stereocenters. The second-order valence-corrected chi connectivity index (χ2v) is 10.7. The molecule has 0 bridgehead atoms. The molecule has 0 N–H and O–H groups in total. The summed E-state index contributed by atoms with van der Waals surface area (Å²) in [5.74, 6) is 0. The molecule has 0 spiro atoms. The highest BCUT2D eigenvalue weighted by Crippen LogP contribution is 2.45. The zero-order chi connectivity index (χ0) is 35.3. The Kier molecular flexibility index (Phi) is 3.80. The number of furan rings is 1. The molecule has 0 saturated carbocycles. The summed E-state index contributed by atoms with van der Waals surface area (Å²) in [4.78, 5) is 0. The lowest BCUT2D eigenvalue weighted by molar-refractivity contribution is 0.669. The summed E-state index contributed by atoms with van der Waals surface area (Å²) in [5.41, 5.74) is 4.97. The van der Waals surface area contributed by atoms with Crippen LogP contribution in [0.15, 0.2) is 162 Å².